The molecule has 0 bridgehead atoms. The first-order valence-electron chi connectivity index (χ1n) is 5.60. The van der Waals surface area contributed by atoms with Gasteiger partial charge in [0.2, 0.25) is 0 Å². The Morgan fingerprint density at radius 3 is 2.90 bits per heavy atom. The minimum atomic E-state index is -1.02. The molecule has 1 saturated heterocycles. The molecule has 2 rings (SSSR count). The molecule has 20 heavy (non-hydrogen) atoms. The van der Waals surface area contributed by atoms with Crippen LogP contribution in [0.25, 0.3) is 0 Å². The number of nitriles is 1. The van der Waals surface area contributed by atoms with Crippen molar-refractivity contribution in [2.75, 3.05) is 16.9 Å². The van der Waals surface area contributed by atoms with E-state index in [2.05, 4.69) is 5.32 Å². The number of benzene rings is 1. The molecule has 0 aromatic heterocycles. The Hall–Kier alpha value is -1.91. The van der Waals surface area contributed by atoms with Gasteiger partial charge >= 0.3 is 12.0 Å². The molecule has 8 heteroatoms. The van der Waals surface area contributed by atoms with Crippen LogP contribution in [-0.2, 0) is 4.79 Å². The third-order valence-corrected chi connectivity index (χ3v) is 4.09. The lowest BCUT2D eigenvalue weighted by atomic mass is 10.2. The van der Waals surface area contributed by atoms with Crippen LogP contribution in [0.5, 0.6) is 0 Å². The van der Waals surface area contributed by atoms with Gasteiger partial charge in [0.15, 0.2) is 0 Å². The molecule has 1 unspecified atom stereocenters. The van der Waals surface area contributed by atoms with Gasteiger partial charge < -0.3 is 15.3 Å². The van der Waals surface area contributed by atoms with E-state index in [1.54, 1.807) is 6.07 Å². The number of rotatable bonds is 2. The van der Waals surface area contributed by atoms with Crippen LogP contribution in [0.2, 0.25) is 5.02 Å². The Bertz CT molecular complexity index is 602. The number of hydrogen-bond acceptors (Lipinski definition) is 4. The van der Waals surface area contributed by atoms with Crippen molar-refractivity contribution in [1.82, 2.24) is 4.90 Å². The third kappa shape index (κ3) is 2.98. The van der Waals surface area contributed by atoms with E-state index < -0.39 is 18.0 Å². The van der Waals surface area contributed by atoms with E-state index in [-0.39, 0.29) is 5.02 Å². The predicted octanol–water partition coefficient (Wildman–Crippen LogP) is 2.20. The highest BCUT2D eigenvalue weighted by molar-refractivity contribution is 7.99. The fourth-order valence-electron chi connectivity index (χ4n) is 1.73. The van der Waals surface area contributed by atoms with Gasteiger partial charge in [-0.2, -0.15) is 5.26 Å². The maximum atomic E-state index is 12.0. The number of carbonyl (C=O) groups excluding carboxylic acids is 1. The minimum Gasteiger partial charge on any atom is -0.480 e. The van der Waals surface area contributed by atoms with Crippen molar-refractivity contribution in [1.29, 1.82) is 5.26 Å². The summed E-state index contributed by atoms with van der Waals surface area (Å²) in [5.41, 5.74) is 0.727. The zero-order valence-corrected chi connectivity index (χ0v) is 11.7. The number of aliphatic carboxylic acids is 1. The summed E-state index contributed by atoms with van der Waals surface area (Å²) < 4.78 is 0. The van der Waals surface area contributed by atoms with E-state index in [0.29, 0.717) is 22.9 Å². The normalized spacial score (nSPS) is 17.6. The van der Waals surface area contributed by atoms with Gasteiger partial charge in [-0.25, -0.2) is 9.59 Å². The largest absolute Gasteiger partial charge is 0.480 e. The second-order valence-corrected chi connectivity index (χ2v) is 5.47. The van der Waals surface area contributed by atoms with Crippen molar-refractivity contribution < 1.29 is 14.7 Å². The van der Waals surface area contributed by atoms with Crippen molar-refractivity contribution in [3.8, 4) is 6.07 Å². The highest BCUT2D eigenvalue weighted by Gasteiger charge is 2.34. The molecule has 2 amide bonds. The minimum absolute atomic E-state index is 0.232. The van der Waals surface area contributed by atoms with Crippen LogP contribution in [0.4, 0.5) is 10.5 Å². The number of amides is 2. The highest BCUT2D eigenvalue weighted by atomic mass is 35.5. The van der Waals surface area contributed by atoms with Gasteiger partial charge in [0.1, 0.15) is 12.1 Å². The van der Waals surface area contributed by atoms with E-state index in [1.165, 1.54) is 28.8 Å². The predicted molar refractivity (Wildman–Crippen MR) is 75.8 cm³/mol. The second-order valence-electron chi connectivity index (χ2n) is 4.06. The van der Waals surface area contributed by atoms with Crippen LogP contribution in [0.3, 0.4) is 0 Å². The van der Waals surface area contributed by atoms with Gasteiger partial charge in [-0.15, -0.1) is 11.8 Å². The van der Waals surface area contributed by atoms with Crippen LogP contribution >= 0.6 is 23.4 Å². The van der Waals surface area contributed by atoms with Crippen LogP contribution in [0.1, 0.15) is 5.56 Å². The van der Waals surface area contributed by atoms with Gasteiger partial charge in [-0.1, -0.05) is 11.6 Å². The smallest absolute Gasteiger partial charge is 0.327 e. The quantitative estimate of drug-likeness (QED) is 0.873. The first kappa shape index (κ1) is 14.5. The number of carboxylic acid groups (broad SMARTS) is 1. The van der Waals surface area contributed by atoms with Gasteiger partial charge in [0, 0.05) is 11.4 Å². The monoisotopic (exact) mass is 311 g/mol. The number of nitrogens with zero attached hydrogens (tertiary/aromatic N) is 2. The number of halogens is 1. The van der Waals surface area contributed by atoms with Crippen LogP contribution in [0.15, 0.2) is 18.2 Å². The molecule has 1 atom stereocenters. The van der Waals surface area contributed by atoms with Gasteiger partial charge in [0.05, 0.1) is 16.5 Å². The topological polar surface area (TPSA) is 93.4 Å². The lowest BCUT2D eigenvalue weighted by molar-refractivity contribution is -0.140. The van der Waals surface area contributed by atoms with E-state index in [9.17, 15) is 9.59 Å². The molecule has 1 aliphatic rings. The summed E-state index contributed by atoms with van der Waals surface area (Å²) in [7, 11) is 0. The van der Waals surface area contributed by atoms with Gasteiger partial charge in [-0.05, 0) is 18.2 Å². The Morgan fingerprint density at radius 1 is 1.55 bits per heavy atom. The average Bonchev–Trinajstić information content (AvgIpc) is 2.88. The van der Waals surface area contributed by atoms with Crippen molar-refractivity contribution in [2.45, 2.75) is 6.04 Å². The Kier molecular flexibility index (Phi) is 4.37. The number of nitrogens with one attached hydrogen (secondary N) is 1. The molecule has 2 N–H and O–H groups in total. The summed E-state index contributed by atoms with van der Waals surface area (Å²) in [6.07, 6.45) is 0. The summed E-state index contributed by atoms with van der Waals surface area (Å²) in [6, 6.07) is 5.08. The molecular formula is C12H10ClN3O3S. The Balaban J connectivity index is 2.10. The zero-order valence-electron chi connectivity index (χ0n) is 10.2. The molecule has 0 saturated carbocycles. The summed E-state index contributed by atoms with van der Waals surface area (Å²) in [5, 5.41) is 20.6. The van der Waals surface area contributed by atoms with E-state index >= 15 is 0 Å². The number of carbonyl (C=O) groups is 2. The first-order chi connectivity index (χ1) is 9.52. The second kappa shape index (κ2) is 6.03. The van der Waals surface area contributed by atoms with Crippen LogP contribution < -0.4 is 5.32 Å². The number of hydrogen-bond donors (Lipinski definition) is 2. The van der Waals surface area contributed by atoms with E-state index in [0.717, 1.165) is 0 Å². The fraction of sp³-hybridized carbons (Fsp3) is 0.250. The molecule has 1 aromatic rings. The van der Waals surface area contributed by atoms with Crippen molar-refractivity contribution in [3.63, 3.8) is 0 Å². The molecular weight excluding hydrogens is 302 g/mol. The number of thioether (sulfide) groups is 1. The summed E-state index contributed by atoms with van der Waals surface area (Å²) >= 11 is 7.25. The summed E-state index contributed by atoms with van der Waals surface area (Å²) in [4.78, 5) is 24.3. The Morgan fingerprint density at radius 2 is 2.30 bits per heavy atom. The van der Waals surface area contributed by atoms with Crippen LogP contribution in [0, 0.1) is 11.3 Å². The third-order valence-electron chi connectivity index (χ3n) is 2.77. The van der Waals surface area contributed by atoms with E-state index in [4.69, 9.17) is 22.0 Å². The number of urea groups is 1. The average molecular weight is 312 g/mol. The van der Waals surface area contributed by atoms with Crippen molar-refractivity contribution in [2.24, 2.45) is 0 Å². The molecule has 1 heterocycles. The zero-order chi connectivity index (χ0) is 14.7. The lowest BCUT2D eigenvalue weighted by Crippen LogP contribution is -2.43. The Labute approximate surface area is 124 Å². The molecule has 1 aromatic carbocycles. The number of anilines is 1. The molecule has 0 spiro atoms. The SMILES string of the molecule is N#Cc1ccc(NC(=O)N2CSCC2C(=O)O)cc1Cl. The van der Waals surface area contributed by atoms with E-state index in [1.807, 2.05) is 6.07 Å². The standard InChI is InChI=1S/C12H10ClN3O3S/c13-9-3-8(2-1-7(9)4-14)15-12(19)16-6-20-5-10(16)11(17)18/h1-3,10H,5-6H2,(H,15,19)(H,17,18). The number of carboxylic acids is 1. The van der Waals surface area contributed by atoms with Crippen LogP contribution in [-0.4, -0.2) is 39.7 Å². The molecule has 0 radical (unpaired) electrons. The van der Waals surface area contributed by atoms with Gasteiger partial charge in [-0.3, -0.25) is 0 Å². The van der Waals surface area contributed by atoms with Gasteiger partial charge in [0.25, 0.3) is 0 Å². The molecule has 0 aliphatic carbocycles. The summed E-state index contributed by atoms with van der Waals surface area (Å²) in [5.74, 6) is -0.327. The molecule has 1 fully saturated rings. The van der Waals surface area contributed by atoms with Crippen molar-refractivity contribution in [3.05, 3.63) is 28.8 Å². The van der Waals surface area contributed by atoms with Crippen molar-refractivity contribution >= 4 is 41.1 Å². The fourth-order valence-corrected chi connectivity index (χ4v) is 3.09. The lowest BCUT2D eigenvalue weighted by Gasteiger charge is -2.21. The summed E-state index contributed by atoms with van der Waals surface area (Å²) in [6.45, 7) is 0. The first-order valence-corrected chi connectivity index (χ1v) is 7.14. The maximum absolute atomic E-state index is 12.0. The molecule has 104 valence electrons. The molecule has 6 nitrogen and oxygen atoms in total. The highest BCUT2D eigenvalue weighted by Crippen LogP contribution is 2.24. The molecule has 1 aliphatic heterocycles. The maximum Gasteiger partial charge on any atom is 0.327 e.